The fourth-order valence-corrected chi connectivity index (χ4v) is 5.40. The SMILES string of the molecule is CC(C)CCCOc1cccc2c(OCCCC(C)C)c3c(OCCCC(C)C)cccc3c(OCCCC(C)C)c12. The van der Waals surface area contributed by atoms with Crippen LogP contribution in [0.2, 0.25) is 0 Å². The fourth-order valence-electron chi connectivity index (χ4n) is 5.40. The van der Waals surface area contributed by atoms with E-state index in [0.29, 0.717) is 50.1 Å². The van der Waals surface area contributed by atoms with Gasteiger partial charge in [-0.15, -0.1) is 0 Å². The lowest BCUT2D eigenvalue weighted by atomic mass is 9.98. The van der Waals surface area contributed by atoms with Gasteiger partial charge in [-0.2, -0.15) is 0 Å². The minimum atomic E-state index is 0.648. The van der Waals surface area contributed by atoms with Gasteiger partial charge in [-0.05, 0) is 87.2 Å². The average Bonchev–Trinajstić information content (AvgIpc) is 2.93. The highest BCUT2D eigenvalue weighted by molar-refractivity contribution is 6.15. The molecule has 0 aromatic heterocycles. The largest absolute Gasteiger partial charge is 0.493 e. The first kappa shape index (κ1) is 33.9. The molecule has 0 atom stereocenters. The zero-order valence-electron chi connectivity index (χ0n) is 27.9. The molecule has 4 heteroatoms. The van der Waals surface area contributed by atoms with Crippen molar-refractivity contribution in [2.45, 2.75) is 107 Å². The zero-order chi connectivity index (χ0) is 30.5. The second kappa shape index (κ2) is 17.5. The monoisotopic (exact) mass is 578 g/mol. The minimum absolute atomic E-state index is 0.648. The molecule has 0 spiro atoms. The van der Waals surface area contributed by atoms with Crippen molar-refractivity contribution in [1.29, 1.82) is 0 Å². The number of ether oxygens (including phenoxy) is 4. The van der Waals surface area contributed by atoms with E-state index in [-0.39, 0.29) is 0 Å². The first-order valence-corrected chi connectivity index (χ1v) is 16.7. The minimum Gasteiger partial charge on any atom is -0.493 e. The van der Waals surface area contributed by atoms with E-state index in [1.165, 1.54) is 0 Å². The third-order valence-corrected chi connectivity index (χ3v) is 7.71. The lowest BCUT2D eigenvalue weighted by Crippen LogP contribution is -2.06. The van der Waals surface area contributed by atoms with Crippen LogP contribution in [0.3, 0.4) is 0 Å². The van der Waals surface area contributed by atoms with E-state index in [0.717, 1.165) is 95.9 Å². The molecule has 0 bridgehead atoms. The summed E-state index contributed by atoms with van der Waals surface area (Å²) >= 11 is 0. The Hall–Kier alpha value is -2.62. The summed E-state index contributed by atoms with van der Waals surface area (Å²) in [6.45, 7) is 20.8. The predicted octanol–water partition coefficient (Wildman–Crippen LogP) is 11.3. The molecule has 0 radical (unpaired) electrons. The van der Waals surface area contributed by atoms with E-state index >= 15 is 0 Å². The van der Waals surface area contributed by atoms with Crippen LogP contribution in [0.4, 0.5) is 0 Å². The van der Waals surface area contributed by atoms with E-state index in [4.69, 9.17) is 18.9 Å². The van der Waals surface area contributed by atoms with Gasteiger partial charge in [-0.1, -0.05) is 79.7 Å². The number of hydrogen-bond acceptors (Lipinski definition) is 4. The number of benzene rings is 3. The Morgan fingerprint density at radius 3 is 1.05 bits per heavy atom. The van der Waals surface area contributed by atoms with Gasteiger partial charge >= 0.3 is 0 Å². The van der Waals surface area contributed by atoms with Gasteiger partial charge < -0.3 is 18.9 Å². The zero-order valence-corrected chi connectivity index (χ0v) is 27.9. The first-order chi connectivity index (χ1) is 20.2. The molecule has 0 saturated carbocycles. The maximum atomic E-state index is 6.70. The summed E-state index contributed by atoms with van der Waals surface area (Å²) in [4.78, 5) is 0. The smallest absolute Gasteiger partial charge is 0.139 e. The van der Waals surface area contributed by atoms with E-state index in [1.54, 1.807) is 0 Å². The molecular weight excluding hydrogens is 520 g/mol. The van der Waals surface area contributed by atoms with Crippen molar-refractivity contribution in [3.05, 3.63) is 36.4 Å². The van der Waals surface area contributed by atoms with Crippen LogP contribution in [-0.4, -0.2) is 26.4 Å². The van der Waals surface area contributed by atoms with Crippen LogP contribution in [0.25, 0.3) is 21.5 Å². The molecule has 0 heterocycles. The molecule has 0 aliphatic rings. The third-order valence-electron chi connectivity index (χ3n) is 7.71. The predicted molar refractivity (Wildman–Crippen MR) is 180 cm³/mol. The number of rotatable bonds is 20. The fraction of sp³-hybridized carbons (Fsp3) is 0.632. The lowest BCUT2D eigenvalue weighted by molar-refractivity contribution is 0.287. The standard InChI is InChI=1S/C38H58O4/c1-27(2)15-11-23-39-33-21-9-19-31-35(33)37(41-25-13-17-29(5)6)32-20-10-22-34(40-24-12-16-28(3)4)36(32)38(31)42-26-14-18-30(7)8/h9-10,19-22,27-30H,11-18,23-26H2,1-8H3. The molecule has 0 amide bonds. The molecule has 0 fully saturated rings. The maximum Gasteiger partial charge on any atom is 0.139 e. The molecule has 3 rings (SSSR count). The van der Waals surface area contributed by atoms with Crippen LogP contribution in [-0.2, 0) is 0 Å². The molecule has 234 valence electrons. The Morgan fingerprint density at radius 2 is 0.738 bits per heavy atom. The van der Waals surface area contributed by atoms with Crippen molar-refractivity contribution in [3.63, 3.8) is 0 Å². The van der Waals surface area contributed by atoms with Crippen molar-refractivity contribution in [1.82, 2.24) is 0 Å². The summed E-state index contributed by atoms with van der Waals surface area (Å²) in [6, 6.07) is 12.6. The molecular formula is C38H58O4. The van der Waals surface area contributed by atoms with Crippen molar-refractivity contribution < 1.29 is 18.9 Å². The molecule has 0 unspecified atom stereocenters. The Balaban J connectivity index is 2.13. The molecule has 0 aliphatic carbocycles. The van der Waals surface area contributed by atoms with Gasteiger partial charge in [0, 0.05) is 10.8 Å². The quantitative estimate of drug-likeness (QED) is 0.0987. The highest BCUT2D eigenvalue weighted by Crippen LogP contribution is 2.49. The summed E-state index contributed by atoms with van der Waals surface area (Å²) in [5.74, 6) is 6.11. The van der Waals surface area contributed by atoms with Gasteiger partial charge in [0.1, 0.15) is 23.0 Å². The topological polar surface area (TPSA) is 36.9 Å². The van der Waals surface area contributed by atoms with Gasteiger partial charge in [-0.3, -0.25) is 0 Å². The van der Waals surface area contributed by atoms with Crippen LogP contribution in [0, 0.1) is 23.7 Å². The van der Waals surface area contributed by atoms with E-state index in [1.807, 2.05) is 0 Å². The summed E-state index contributed by atoms with van der Waals surface area (Å²) in [6.07, 6.45) is 8.64. The summed E-state index contributed by atoms with van der Waals surface area (Å²) in [5, 5.41) is 4.08. The van der Waals surface area contributed by atoms with Gasteiger partial charge in [0.15, 0.2) is 0 Å². The second-order valence-electron chi connectivity index (χ2n) is 13.6. The molecule has 0 aliphatic heterocycles. The Labute approximate surface area is 256 Å². The summed E-state index contributed by atoms with van der Waals surface area (Å²) in [5.41, 5.74) is 0. The van der Waals surface area contributed by atoms with Crippen molar-refractivity contribution in [2.24, 2.45) is 23.7 Å². The first-order valence-electron chi connectivity index (χ1n) is 16.7. The average molecular weight is 579 g/mol. The summed E-state index contributed by atoms with van der Waals surface area (Å²) < 4.78 is 26.4. The van der Waals surface area contributed by atoms with E-state index in [9.17, 15) is 0 Å². The number of fused-ring (bicyclic) bond motifs is 2. The molecule has 0 saturated heterocycles. The van der Waals surface area contributed by atoms with Gasteiger partial charge in [0.05, 0.1) is 37.2 Å². The highest BCUT2D eigenvalue weighted by Gasteiger charge is 2.22. The molecule has 4 nitrogen and oxygen atoms in total. The molecule has 3 aromatic rings. The van der Waals surface area contributed by atoms with Gasteiger partial charge in [0.2, 0.25) is 0 Å². The van der Waals surface area contributed by atoms with Crippen molar-refractivity contribution >= 4 is 21.5 Å². The Morgan fingerprint density at radius 1 is 0.429 bits per heavy atom. The van der Waals surface area contributed by atoms with Crippen LogP contribution in [0.5, 0.6) is 23.0 Å². The highest BCUT2D eigenvalue weighted by atomic mass is 16.5. The van der Waals surface area contributed by atoms with Crippen LogP contribution in [0.15, 0.2) is 36.4 Å². The van der Waals surface area contributed by atoms with Crippen LogP contribution in [0.1, 0.15) is 107 Å². The Kier molecular flexibility index (Phi) is 14.1. The normalized spacial score (nSPS) is 11.9. The number of hydrogen-bond donors (Lipinski definition) is 0. The van der Waals surface area contributed by atoms with Crippen molar-refractivity contribution in [2.75, 3.05) is 26.4 Å². The molecule has 0 N–H and O–H groups in total. The Bertz CT molecular complexity index is 1120. The van der Waals surface area contributed by atoms with Crippen LogP contribution >= 0.6 is 0 Å². The molecule has 42 heavy (non-hydrogen) atoms. The molecule has 3 aromatic carbocycles. The third kappa shape index (κ3) is 10.3. The van der Waals surface area contributed by atoms with Crippen LogP contribution < -0.4 is 18.9 Å². The lowest BCUT2D eigenvalue weighted by Gasteiger charge is -2.22. The van der Waals surface area contributed by atoms with Gasteiger partial charge in [0.25, 0.3) is 0 Å². The van der Waals surface area contributed by atoms with E-state index in [2.05, 4.69) is 91.8 Å². The van der Waals surface area contributed by atoms with E-state index < -0.39 is 0 Å². The van der Waals surface area contributed by atoms with Gasteiger partial charge in [-0.25, -0.2) is 0 Å². The second-order valence-corrected chi connectivity index (χ2v) is 13.6. The van der Waals surface area contributed by atoms with Crippen molar-refractivity contribution in [3.8, 4) is 23.0 Å². The maximum absolute atomic E-state index is 6.70. The summed E-state index contributed by atoms with van der Waals surface area (Å²) in [7, 11) is 0.